The molecule has 0 bridgehead atoms. The molecule has 78 heavy (non-hydrogen) atoms. The van der Waals surface area contributed by atoms with Gasteiger partial charge < -0.3 is 20.3 Å². The van der Waals surface area contributed by atoms with E-state index in [-0.39, 0.29) is 18.5 Å². The number of carbonyl (C=O) groups is 2. The van der Waals surface area contributed by atoms with E-state index < -0.39 is 12.1 Å². The molecule has 0 saturated heterocycles. The van der Waals surface area contributed by atoms with Crippen molar-refractivity contribution in [1.82, 2.24) is 5.32 Å². The third-order valence-corrected chi connectivity index (χ3v) is 16.7. The third kappa shape index (κ3) is 63.5. The van der Waals surface area contributed by atoms with Crippen LogP contribution in [0.2, 0.25) is 0 Å². The zero-order chi connectivity index (χ0) is 56.4. The smallest absolute Gasteiger partial charge is 0.305 e. The minimum atomic E-state index is -0.659. The van der Waals surface area contributed by atoms with Crippen molar-refractivity contribution in [3.05, 3.63) is 24.3 Å². The molecule has 0 fully saturated rings. The molecule has 0 heterocycles. The fourth-order valence-electron chi connectivity index (χ4n) is 11.3. The van der Waals surface area contributed by atoms with Crippen molar-refractivity contribution in [3.8, 4) is 0 Å². The highest BCUT2D eigenvalue weighted by Crippen LogP contribution is 2.19. The first-order chi connectivity index (χ1) is 38.5. The summed E-state index contributed by atoms with van der Waals surface area (Å²) in [7, 11) is 0. The van der Waals surface area contributed by atoms with E-state index in [9.17, 15) is 19.8 Å². The molecule has 0 aromatic rings. The number of carbonyl (C=O) groups excluding carboxylic acids is 2. The summed E-state index contributed by atoms with van der Waals surface area (Å²) in [4.78, 5) is 24.5. The number of aliphatic hydroxyl groups excluding tert-OH is 2. The molecule has 6 heteroatoms. The second-order valence-corrected chi connectivity index (χ2v) is 24.6. The third-order valence-electron chi connectivity index (χ3n) is 16.7. The maximum Gasteiger partial charge on any atom is 0.305 e. The zero-order valence-electron chi connectivity index (χ0n) is 52.9. The Hall–Kier alpha value is -1.66. The van der Waals surface area contributed by atoms with Gasteiger partial charge in [-0.05, 0) is 77.0 Å². The van der Waals surface area contributed by atoms with E-state index in [4.69, 9.17) is 4.74 Å². The van der Waals surface area contributed by atoms with Gasteiger partial charge in [0, 0.05) is 12.8 Å². The molecule has 6 nitrogen and oxygen atoms in total. The van der Waals surface area contributed by atoms with Crippen LogP contribution in [-0.2, 0) is 14.3 Å². The number of amides is 1. The number of nitrogens with one attached hydrogen (secondary N) is 1. The van der Waals surface area contributed by atoms with Gasteiger partial charge in [0.1, 0.15) is 0 Å². The minimum absolute atomic E-state index is 0.0188. The van der Waals surface area contributed by atoms with Crippen LogP contribution in [0.3, 0.4) is 0 Å². The first kappa shape index (κ1) is 76.3. The summed E-state index contributed by atoms with van der Waals surface area (Å²) in [6.07, 6.45) is 85.4. The van der Waals surface area contributed by atoms with Crippen molar-refractivity contribution in [2.24, 2.45) is 0 Å². The van der Waals surface area contributed by atoms with Crippen molar-refractivity contribution in [2.45, 2.75) is 411 Å². The average Bonchev–Trinajstić information content (AvgIpc) is 3.44. The van der Waals surface area contributed by atoms with Crippen LogP contribution in [0.15, 0.2) is 24.3 Å². The summed E-state index contributed by atoms with van der Waals surface area (Å²) in [6.45, 7) is 4.96. The molecule has 0 aromatic carbocycles. The molecule has 0 saturated carbocycles. The minimum Gasteiger partial charge on any atom is -0.466 e. The largest absolute Gasteiger partial charge is 0.466 e. The molecule has 0 aliphatic carbocycles. The fraction of sp³-hybridized carbons (Fsp3) is 0.917. The molecule has 2 atom stereocenters. The normalized spacial score (nSPS) is 12.6. The van der Waals surface area contributed by atoms with Crippen LogP contribution >= 0.6 is 0 Å². The van der Waals surface area contributed by atoms with E-state index >= 15 is 0 Å². The SMILES string of the molecule is CCCCCCCC/C=C\CCCCCCCCCCCC(=O)OCCCCCCCCCCCCCC/C=C\CCCCCCCCCCCCCCCCCCCC(=O)NC(CO)C(O)CCCCCCCCCCC. The summed E-state index contributed by atoms with van der Waals surface area (Å²) in [6, 6.07) is -0.536. The van der Waals surface area contributed by atoms with Crippen LogP contribution in [0.25, 0.3) is 0 Å². The highest BCUT2D eigenvalue weighted by molar-refractivity contribution is 5.76. The molecule has 462 valence electrons. The highest BCUT2D eigenvalue weighted by atomic mass is 16.5. The molecule has 0 rings (SSSR count). The predicted molar refractivity (Wildman–Crippen MR) is 343 cm³/mol. The lowest BCUT2D eigenvalue weighted by atomic mass is 10.0. The number of hydrogen-bond acceptors (Lipinski definition) is 5. The molecular weight excluding hydrogens is 959 g/mol. The van der Waals surface area contributed by atoms with Gasteiger partial charge in [-0.15, -0.1) is 0 Å². The molecule has 1 amide bonds. The van der Waals surface area contributed by atoms with E-state index in [0.29, 0.717) is 25.9 Å². The van der Waals surface area contributed by atoms with Gasteiger partial charge in [0.05, 0.1) is 25.4 Å². The number of esters is 1. The molecule has 0 radical (unpaired) electrons. The first-order valence-electron chi connectivity index (χ1n) is 35.6. The van der Waals surface area contributed by atoms with E-state index in [0.717, 1.165) is 38.5 Å². The topological polar surface area (TPSA) is 95.9 Å². The van der Waals surface area contributed by atoms with E-state index in [1.54, 1.807) is 0 Å². The monoisotopic (exact) mass is 1100 g/mol. The first-order valence-corrected chi connectivity index (χ1v) is 35.6. The van der Waals surface area contributed by atoms with Crippen LogP contribution in [-0.4, -0.2) is 47.4 Å². The quantitative estimate of drug-likeness (QED) is 0.0320. The highest BCUT2D eigenvalue weighted by Gasteiger charge is 2.20. The Bertz CT molecular complexity index is 1220. The van der Waals surface area contributed by atoms with E-state index in [1.807, 2.05) is 0 Å². The van der Waals surface area contributed by atoms with Crippen LogP contribution in [0.4, 0.5) is 0 Å². The Morgan fingerprint density at radius 1 is 0.346 bits per heavy atom. The van der Waals surface area contributed by atoms with Crippen LogP contribution in [0, 0.1) is 0 Å². The molecule has 0 aromatic heterocycles. The Kier molecular flexibility index (Phi) is 66.4. The second kappa shape index (κ2) is 67.8. The molecule has 0 aliphatic rings. The van der Waals surface area contributed by atoms with Crippen molar-refractivity contribution in [1.29, 1.82) is 0 Å². The Morgan fingerprint density at radius 2 is 0.603 bits per heavy atom. The molecular formula is C72H139NO5. The van der Waals surface area contributed by atoms with Crippen molar-refractivity contribution in [2.75, 3.05) is 13.2 Å². The van der Waals surface area contributed by atoms with Crippen molar-refractivity contribution < 1.29 is 24.5 Å². The summed E-state index contributed by atoms with van der Waals surface area (Å²) >= 11 is 0. The maximum atomic E-state index is 12.4. The van der Waals surface area contributed by atoms with Crippen LogP contribution < -0.4 is 5.32 Å². The van der Waals surface area contributed by atoms with Gasteiger partial charge in [0.25, 0.3) is 0 Å². The molecule has 2 unspecified atom stereocenters. The van der Waals surface area contributed by atoms with Crippen molar-refractivity contribution in [3.63, 3.8) is 0 Å². The Balaban J connectivity index is 3.30. The van der Waals surface area contributed by atoms with Crippen LogP contribution in [0.5, 0.6) is 0 Å². The number of aliphatic hydroxyl groups is 2. The number of hydrogen-bond donors (Lipinski definition) is 3. The van der Waals surface area contributed by atoms with E-state index in [2.05, 4.69) is 43.5 Å². The lowest BCUT2D eigenvalue weighted by Crippen LogP contribution is -2.45. The molecule has 0 spiro atoms. The summed E-state index contributed by atoms with van der Waals surface area (Å²) in [5, 5.41) is 23.1. The standard InChI is InChI=1S/C72H139NO5/c1-3-5-7-9-11-13-14-15-16-17-33-37-40-43-46-50-54-58-62-66-72(77)78-67-63-59-55-51-47-44-41-38-35-32-30-28-26-24-22-20-18-19-21-23-25-27-29-31-34-36-39-42-45-49-53-57-61-65-71(76)73-69(68-74)70(75)64-60-56-52-48-12-10-8-6-4-2/h15-16,22,24,69-70,74-75H,3-14,17-21,23,25-68H2,1-2H3,(H,73,76)/b16-15-,24-22-. The molecule has 3 N–H and O–H groups in total. The lowest BCUT2D eigenvalue weighted by molar-refractivity contribution is -0.143. The van der Waals surface area contributed by atoms with E-state index in [1.165, 1.54) is 327 Å². The van der Waals surface area contributed by atoms with Crippen LogP contribution in [0.1, 0.15) is 399 Å². The summed E-state index contributed by atoms with van der Waals surface area (Å²) < 4.78 is 5.51. The van der Waals surface area contributed by atoms with Gasteiger partial charge in [-0.1, -0.05) is 334 Å². The van der Waals surface area contributed by atoms with Gasteiger partial charge in [0.2, 0.25) is 5.91 Å². The molecule has 0 aliphatic heterocycles. The summed E-state index contributed by atoms with van der Waals surface area (Å²) in [5.74, 6) is -0.0137. The fourth-order valence-corrected chi connectivity index (χ4v) is 11.3. The van der Waals surface area contributed by atoms with Gasteiger partial charge in [-0.2, -0.15) is 0 Å². The Labute approximate surface area is 488 Å². The van der Waals surface area contributed by atoms with Gasteiger partial charge >= 0.3 is 5.97 Å². The number of rotatable bonds is 67. The lowest BCUT2D eigenvalue weighted by Gasteiger charge is -2.22. The zero-order valence-corrected chi connectivity index (χ0v) is 52.9. The van der Waals surface area contributed by atoms with Gasteiger partial charge in [-0.3, -0.25) is 9.59 Å². The number of ether oxygens (including phenoxy) is 1. The number of unbranched alkanes of at least 4 members (excludes halogenated alkanes) is 52. The van der Waals surface area contributed by atoms with Gasteiger partial charge in [0.15, 0.2) is 0 Å². The average molecular weight is 1100 g/mol. The van der Waals surface area contributed by atoms with Gasteiger partial charge in [-0.25, -0.2) is 0 Å². The van der Waals surface area contributed by atoms with Crippen molar-refractivity contribution >= 4 is 11.9 Å². The summed E-state index contributed by atoms with van der Waals surface area (Å²) in [5.41, 5.74) is 0. The maximum absolute atomic E-state index is 12.4. The Morgan fingerprint density at radius 3 is 0.910 bits per heavy atom. The predicted octanol–water partition coefficient (Wildman–Crippen LogP) is 22.9. The second-order valence-electron chi connectivity index (χ2n) is 24.6. The number of allylic oxidation sites excluding steroid dienone is 4.